The summed E-state index contributed by atoms with van der Waals surface area (Å²) in [7, 11) is -3.11. The Labute approximate surface area is 124 Å². The molecule has 1 aromatic rings. The van der Waals surface area contributed by atoms with Gasteiger partial charge in [0.15, 0.2) is 15.5 Å². The Morgan fingerprint density at radius 3 is 2.67 bits per heavy atom. The number of aromatic nitrogens is 1. The van der Waals surface area contributed by atoms with Crippen LogP contribution in [0.4, 0.5) is 0 Å². The van der Waals surface area contributed by atoms with Crippen LogP contribution in [0, 0.1) is 5.92 Å². The minimum absolute atomic E-state index is 0.108. The van der Waals surface area contributed by atoms with E-state index in [1.165, 1.54) is 4.90 Å². The molecule has 116 valence electrons. The fraction of sp³-hybridized carbons (Fsp3) is 0.714. The summed E-state index contributed by atoms with van der Waals surface area (Å²) in [5.74, 6) is 1.23. The van der Waals surface area contributed by atoms with Crippen molar-refractivity contribution < 1.29 is 17.7 Å². The first-order chi connectivity index (χ1) is 9.87. The third-order valence-electron chi connectivity index (χ3n) is 3.94. The third-order valence-corrected chi connectivity index (χ3v) is 6.38. The van der Waals surface area contributed by atoms with E-state index < -0.39 is 15.1 Å². The smallest absolute Gasteiger partial charge is 0.276 e. The largest absolute Gasteiger partial charge is 0.360 e. The fourth-order valence-electron chi connectivity index (χ4n) is 2.54. The molecule has 1 amide bonds. The monoisotopic (exact) mass is 312 g/mol. The lowest BCUT2D eigenvalue weighted by molar-refractivity contribution is 0.0648. The minimum Gasteiger partial charge on any atom is -0.360 e. The lowest BCUT2D eigenvalue weighted by Gasteiger charge is -2.38. The zero-order valence-electron chi connectivity index (χ0n) is 12.3. The van der Waals surface area contributed by atoms with Crippen LogP contribution < -0.4 is 0 Å². The van der Waals surface area contributed by atoms with Gasteiger partial charge < -0.3 is 9.42 Å². The summed E-state index contributed by atoms with van der Waals surface area (Å²) in [4.78, 5) is 13.7. The van der Waals surface area contributed by atoms with E-state index in [4.69, 9.17) is 4.52 Å². The Kier molecular flexibility index (Phi) is 3.55. The predicted molar refractivity (Wildman–Crippen MR) is 76.8 cm³/mol. The zero-order valence-corrected chi connectivity index (χ0v) is 13.1. The summed E-state index contributed by atoms with van der Waals surface area (Å²) in [5, 5.41) is 3.37. The van der Waals surface area contributed by atoms with Gasteiger partial charge in [-0.2, -0.15) is 0 Å². The maximum absolute atomic E-state index is 12.2. The standard InChI is InChI=1S/C14H20N2O4S/c1-9(2)8-21(18,19)11-6-16(7-11)14(17)12-5-13(20-15-12)10-3-4-10/h5,9-11H,3-4,6-8H2,1-2H3. The number of hydrogen-bond acceptors (Lipinski definition) is 5. The molecule has 2 heterocycles. The second kappa shape index (κ2) is 5.12. The molecule has 1 saturated carbocycles. The summed E-state index contributed by atoms with van der Waals surface area (Å²) in [6.45, 7) is 4.29. The van der Waals surface area contributed by atoms with Gasteiger partial charge in [0, 0.05) is 25.1 Å². The van der Waals surface area contributed by atoms with Crippen LogP contribution in [0.25, 0.3) is 0 Å². The van der Waals surface area contributed by atoms with E-state index in [0.717, 1.165) is 18.6 Å². The van der Waals surface area contributed by atoms with E-state index >= 15 is 0 Å². The van der Waals surface area contributed by atoms with Gasteiger partial charge in [-0.15, -0.1) is 0 Å². The van der Waals surface area contributed by atoms with Gasteiger partial charge in [0.25, 0.3) is 5.91 Å². The van der Waals surface area contributed by atoms with Gasteiger partial charge in [-0.3, -0.25) is 4.79 Å². The first-order valence-electron chi connectivity index (χ1n) is 7.34. The van der Waals surface area contributed by atoms with E-state index in [1.54, 1.807) is 6.07 Å². The minimum atomic E-state index is -3.11. The van der Waals surface area contributed by atoms with Crippen LogP contribution in [-0.4, -0.2) is 48.5 Å². The fourth-order valence-corrected chi connectivity index (χ4v) is 4.56. The molecule has 1 aliphatic heterocycles. The van der Waals surface area contributed by atoms with Crippen molar-refractivity contribution in [3.8, 4) is 0 Å². The van der Waals surface area contributed by atoms with E-state index in [0.29, 0.717) is 5.92 Å². The predicted octanol–water partition coefficient (Wildman–Crippen LogP) is 1.45. The highest BCUT2D eigenvalue weighted by molar-refractivity contribution is 7.92. The van der Waals surface area contributed by atoms with Gasteiger partial charge in [-0.1, -0.05) is 19.0 Å². The molecule has 1 saturated heterocycles. The van der Waals surface area contributed by atoms with Gasteiger partial charge in [-0.25, -0.2) is 8.42 Å². The summed E-state index contributed by atoms with van der Waals surface area (Å²) < 4.78 is 29.3. The lowest BCUT2D eigenvalue weighted by Crippen LogP contribution is -2.57. The zero-order chi connectivity index (χ0) is 15.2. The van der Waals surface area contributed by atoms with Crippen molar-refractivity contribution in [2.24, 2.45) is 5.92 Å². The third kappa shape index (κ3) is 2.97. The quantitative estimate of drug-likeness (QED) is 0.822. The molecule has 0 bridgehead atoms. The molecular weight excluding hydrogens is 292 g/mol. The Balaban J connectivity index is 1.58. The molecule has 1 aromatic heterocycles. The molecule has 2 aliphatic rings. The molecular formula is C14H20N2O4S. The Morgan fingerprint density at radius 2 is 2.10 bits per heavy atom. The molecule has 1 aliphatic carbocycles. The van der Waals surface area contributed by atoms with Crippen molar-refractivity contribution >= 4 is 15.7 Å². The first-order valence-corrected chi connectivity index (χ1v) is 9.06. The van der Waals surface area contributed by atoms with Crippen LogP contribution in [0.15, 0.2) is 10.6 Å². The number of carbonyl (C=O) groups excluding carboxylic acids is 1. The van der Waals surface area contributed by atoms with E-state index in [-0.39, 0.29) is 36.4 Å². The molecule has 21 heavy (non-hydrogen) atoms. The molecule has 0 atom stereocenters. The van der Waals surface area contributed by atoms with Gasteiger partial charge in [0.2, 0.25) is 0 Å². The maximum Gasteiger partial charge on any atom is 0.276 e. The molecule has 3 rings (SSSR count). The van der Waals surface area contributed by atoms with Crippen LogP contribution in [0.3, 0.4) is 0 Å². The van der Waals surface area contributed by atoms with Crippen molar-refractivity contribution in [3.63, 3.8) is 0 Å². The lowest BCUT2D eigenvalue weighted by atomic mass is 10.2. The SMILES string of the molecule is CC(C)CS(=O)(=O)C1CN(C(=O)c2cc(C3CC3)on2)C1. The molecule has 2 fully saturated rings. The number of hydrogen-bond donors (Lipinski definition) is 0. The van der Waals surface area contributed by atoms with Crippen molar-refractivity contribution in [3.05, 3.63) is 17.5 Å². The van der Waals surface area contributed by atoms with Gasteiger partial charge in [0.05, 0.1) is 11.0 Å². The highest BCUT2D eigenvalue weighted by atomic mass is 32.2. The molecule has 7 heteroatoms. The Morgan fingerprint density at radius 1 is 1.43 bits per heavy atom. The van der Waals surface area contributed by atoms with Crippen LogP contribution in [0.5, 0.6) is 0 Å². The molecule has 0 aromatic carbocycles. The average Bonchev–Trinajstić information content (AvgIpc) is 3.03. The second-order valence-corrected chi connectivity index (χ2v) is 8.77. The topological polar surface area (TPSA) is 80.5 Å². The van der Waals surface area contributed by atoms with Crippen molar-refractivity contribution in [2.45, 2.75) is 37.9 Å². The van der Waals surface area contributed by atoms with Crippen LogP contribution in [0.2, 0.25) is 0 Å². The summed E-state index contributed by atoms with van der Waals surface area (Å²) in [6.07, 6.45) is 2.17. The van der Waals surface area contributed by atoms with E-state index in [1.807, 2.05) is 13.8 Å². The molecule has 6 nitrogen and oxygen atoms in total. The number of amides is 1. The molecule has 0 N–H and O–H groups in total. The first kappa shape index (κ1) is 14.6. The molecule has 0 radical (unpaired) electrons. The van der Waals surface area contributed by atoms with Crippen LogP contribution in [0.1, 0.15) is 48.9 Å². The van der Waals surface area contributed by atoms with E-state index in [9.17, 15) is 13.2 Å². The maximum atomic E-state index is 12.2. The van der Waals surface area contributed by atoms with Crippen molar-refractivity contribution in [2.75, 3.05) is 18.8 Å². The van der Waals surface area contributed by atoms with Gasteiger partial charge >= 0.3 is 0 Å². The summed E-state index contributed by atoms with van der Waals surface area (Å²) in [6, 6.07) is 1.69. The number of likely N-dealkylation sites (tertiary alicyclic amines) is 1. The normalized spacial score (nSPS) is 19.9. The molecule has 0 spiro atoms. The van der Waals surface area contributed by atoms with Gasteiger partial charge in [0.1, 0.15) is 5.76 Å². The van der Waals surface area contributed by atoms with Crippen LogP contribution in [-0.2, 0) is 9.84 Å². The summed E-state index contributed by atoms with van der Waals surface area (Å²) >= 11 is 0. The number of rotatable bonds is 5. The van der Waals surface area contributed by atoms with E-state index in [2.05, 4.69) is 5.16 Å². The highest BCUT2D eigenvalue weighted by Gasteiger charge is 2.41. The second-order valence-electron chi connectivity index (χ2n) is 6.44. The van der Waals surface area contributed by atoms with Crippen LogP contribution >= 0.6 is 0 Å². The number of nitrogens with zero attached hydrogens (tertiary/aromatic N) is 2. The number of sulfone groups is 1. The summed E-state index contributed by atoms with van der Waals surface area (Å²) in [5.41, 5.74) is 0.289. The average molecular weight is 312 g/mol. The van der Waals surface area contributed by atoms with Gasteiger partial charge in [-0.05, 0) is 18.8 Å². The number of carbonyl (C=O) groups is 1. The van der Waals surface area contributed by atoms with Crippen molar-refractivity contribution in [1.82, 2.24) is 10.1 Å². The Hall–Kier alpha value is -1.37. The Bertz CT molecular complexity index is 640. The van der Waals surface area contributed by atoms with Crippen molar-refractivity contribution in [1.29, 1.82) is 0 Å². The molecule has 0 unspecified atom stereocenters. The highest BCUT2D eigenvalue weighted by Crippen LogP contribution is 2.40.